The molecule has 8 heteroatoms. The van der Waals surface area contributed by atoms with Gasteiger partial charge in [0.25, 0.3) is 0 Å². The van der Waals surface area contributed by atoms with Crippen molar-refractivity contribution in [3.8, 4) is 16.9 Å². The van der Waals surface area contributed by atoms with E-state index in [1.165, 1.54) is 17.2 Å². The van der Waals surface area contributed by atoms with Crippen LogP contribution in [0, 0.1) is 0 Å². The molecule has 1 saturated heterocycles. The fourth-order valence-electron chi connectivity index (χ4n) is 4.87. The predicted octanol–water partition coefficient (Wildman–Crippen LogP) is 6.60. The molecule has 0 aromatic heterocycles. The fraction of sp³-hybridized carbons (Fsp3) is 0.300. The van der Waals surface area contributed by atoms with Crippen molar-refractivity contribution in [2.24, 2.45) is 0 Å². The van der Waals surface area contributed by atoms with E-state index < -0.39 is 24.4 Å². The minimum absolute atomic E-state index is 0.0295. The van der Waals surface area contributed by atoms with Crippen LogP contribution in [0.5, 0.6) is 5.75 Å². The van der Waals surface area contributed by atoms with E-state index in [-0.39, 0.29) is 29.8 Å². The average Bonchev–Trinajstić information content (AvgIpc) is 3.32. The molecule has 38 heavy (non-hydrogen) atoms. The Morgan fingerprint density at radius 3 is 2.16 bits per heavy atom. The number of fused-ring (bicyclic) bond motifs is 3. The van der Waals surface area contributed by atoms with Crippen molar-refractivity contribution in [1.29, 1.82) is 0 Å². The molecular weight excluding hydrogens is 501 g/mol. The smallest absolute Gasteiger partial charge is 0.492 e. The largest absolute Gasteiger partial charge is 0.506 e. The van der Waals surface area contributed by atoms with Crippen molar-refractivity contribution in [2.45, 2.75) is 44.8 Å². The Bertz CT molecular complexity index is 1340. The molecule has 3 aromatic rings. The number of hydrogen-bond donors (Lipinski definition) is 2. The molecule has 1 aliphatic carbocycles. The first-order valence-electron chi connectivity index (χ1n) is 12.7. The third-order valence-electron chi connectivity index (χ3n) is 7.69. The molecular formula is C30H31BClNO5. The molecule has 6 nitrogen and oxygen atoms in total. The van der Waals surface area contributed by atoms with Crippen LogP contribution in [-0.2, 0) is 14.0 Å². The number of nitrogens with one attached hydrogen (secondary N) is 1. The lowest BCUT2D eigenvalue weighted by Gasteiger charge is -2.32. The Morgan fingerprint density at radius 1 is 0.974 bits per heavy atom. The van der Waals surface area contributed by atoms with Gasteiger partial charge in [-0.25, -0.2) is 4.79 Å². The molecule has 0 radical (unpaired) electrons. The van der Waals surface area contributed by atoms with Gasteiger partial charge in [-0.15, -0.1) is 0 Å². The van der Waals surface area contributed by atoms with Crippen molar-refractivity contribution in [3.05, 3.63) is 93.9 Å². The summed E-state index contributed by atoms with van der Waals surface area (Å²) in [4.78, 5) is 12.9. The third kappa shape index (κ3) is 4.94. The number of alkyl carbamates (subject to hydrolysis) is 1. The van der Waals surface area contributed by atoms with Gasteiger partial charge in [-0.3, -0.25) is 0 Å². The highest BCUT2D eigenvalue weighted by atomic mass is 35.5. The second kappa shape index (κ2) is 10.1. The molecule has 5 rings (SSSR count). The first kappa shape index (κ1) is 26.4. The third-order valence-corrected chi connectivity index (χ3v) is 8.10. The van der Waals surface area contributed by atoms with Gasteiger partial charge in [-0.1, -0.05) is 78.3 Å². The molecule has 0 bridgehead atoms. The van der Waals surface area contributed by atoms with Crippen LogP contribution < -0.4 is 5.32 Å². The topological polar surface area (TPSA) is 77.0 Å². The predicted molar refractivity (Wildman–Crippen MR) is 150 cm³/mol. The van der Waals surface area contributed by atoms with E-state index in [0.29, 0.717) is 11.0 Å². The summed E-state index contributed by atoms with van der Waals surface area (Å²) in [5.41, 5.74) is 4.75. The monoisotopic (exact) mass is 531 g/mol. The number of rotatable bonds is 6. The molecule has 0 unspecified atom stereocenters. The van der Waals surface area contributed by atoms with Gasteiger partial charge in [0.05, 0.1) is 16.2 Å². The van der Waals surface area contributed by atoms with Gasteiger partial charge in [0.1, 0.15) is 12.4 Å². The second-order valence-electron chi connectivity index (χ2n) is 10.7. The molecule has 0 saturated carbocycles. The number of ether oxygens (including phenoxy) is 1. The summed E-state index contributed by atoms with van der Waals surface area (Å²) < 4.78 is 18.2. The summed E-state index contributed by atoms with van der Waals surface area (Å²) in [7, 11) is -0.715. The normalized spacial score (nSPS) is 17.7. The van der Waals surface area contributed by atoms with Gasteiger partial charge in [-0.2, -0.15) is 0 Å². The Balaban J connectivity index is 1.31. The highest BCUT2D eigenvalue weighted by Gasteiger charge is 2.52. The number of halogens is 1. The lowest BCUT2D eigenvalue weighted by atomic mass is 9.77. The number of hydrogen-bond acceptors (Lipinski definition) is 5. The van der Waals surface area contributed by atoms with Crippen molar-refractivity contribution in [1.82, 2.24) is 5.32 Å². The average molecular weight is 532 g/mol. The van der Waals surface area contributed by atoms with E-state index in [9.17, 15) is 9.90 Å². The number of phenols is 1. The van der Waals surface area contributed by atoms with E-state index in [1.54, 1.807) is 18.2 Å². The highest BCUT2D eigenvalue weighted by molar-refractivity contribution is 6.56. The zero-order chi connectivity index (χ0) is 27.1. The van der Waals surface area contributed by atoms with Crippen LogP contribution in [0.25, 0.3) is 17.2 Å². The lowest BCUT2D eigenvalue weighted by Crippen LogP contribution is -2.41. The van der Waals surface area contributed by atoms with Gasteiger partial charge < -0.3 is 24.5 Å². The number of carbonyl (C=O) groups is 1. The Morgan fingerprint density at radius 2 is 1.55 bits per heavy atom. The van der Waals surface area contributed by atoms with E-state index in [2.05, 4.69) is 29.6 Å². The van der Waals surface area contributed by atoms with E-state index in [4.69, 9.17) is 25.6 Å². The summed E-state index contributed by atoms with van der Waals surface area (Å²) in [5, 5.41) is 13.1. The molecule has 3 aromatic carbocycles. The summed E-state index contributed by atoms with van der Waals surface area (Å²) in [6, 6.07) is 21.4. The first-order valence-corrected chi connectivity index (χ1v) is 13.1. The van der Waals surface area contributed by atoms with Crippen molar-refractivity contribution < 1.29 is 23.9 Å². The number of benzene rings is 3. The van der Waals surface area contributed by atoms with E-state index in [1.807, 2.05) is 52.0 Å². The van der Waals surface area contributed by atoms with Crippen LogP contribution in [-0.4, -0.2) is 42.7 Å². The van der Waals surface area contributed by atoms with Gasteiger partial charge >= 0.3 is 13.2 Å². The van der Waals surface area contributed by atoms with Crippen LogP contribution in [0.4, 0.5) is 4.79 Å². The molecule has 2 aliphatic rings. The van der Waals surface area contributed by atoms with Crippen molar-refractivity contribution in [3.63, 3.8) is 0 Å². The maximum atomic E-state index is 12.9. The SMILES string of the molecule is CC1(C)OB(C(=Cc2cccc(O)c2Cl)CNC(=O)OCC2c3ccccc3-c3ccccc32)OC1(C)C. The summed E-state index contributed by atoms with van der Waals surface area (Å²) in [6.45, 7) is 8.18. The van der Waals surface area contributed by atoms with Gasteiger partial charge in [-0.05, 0) is 67.1 Å². The fourth-order valence-corrected chi connectivity index (χ4v) is 5.05. The maximum absolute atomic E-state index is 12.9. The molecule has 1 amide bonds. The Kier molecular flexibility index (Phi) is 7.03. The molecule has 1 fully saturated rings. The summed E-state index contributed by atoms with van der Waals surface area (Å²) >= 11 is 6.34. The summed E-state index contributed by atoms with van der Waals surface area (Å²) in [5.74, 6) is -0.0597. The maximum Gasteiger partial charge on any atom is 0.492 e. The molecule has 1 heterocycles. The van der Waals surface area contributed by atoms with Crippen LogP contribution in [0.1, 0.15) is 50.3 Å². The van der Waals surface area contributed by atoms with Crippen LogP contribution in [0.3, 0.4) is 0 Å². The molecule has 1 aliphatic heterocycles. The standard InChI is InChI=1S/C30H31BClNO5/c1-29(2)30(3,4)38-31(37-29)20(16-19-10-9-15-26(34)27(19)32)17-33-28(35)36-18-25-23-13-7-5-11-21(23)22-12-6-8-14-24(22)25/h5-16,25,34H,17-18H2,1-4H3,(H,33,35). The number of phenolic OH excluding ortho intramolecular Hbond substituents is 1. The molecule has 2 N–H and O–H groups in total. The highest BCUT2D eigenvalue weighted by Crippen LogP contribution is 2.44. The Labute approximate surface area is 228 Å². The zero-order valence-corrected chi connectivity index (χ0v) is 22.7. The van der Waals surface area contributed by atoms with Gasteiger partial charge in [0.2, 0.25) is 0 Å². The van der Waals surface area contributed by atoms with E-state index in [0.717, 1.165) is 11.1 Å². The van der Waals surface area contributed by atoms with Crippen LogP contribution in [0.2, 0.25) is 5.02 Å². The molecule has 0 atom stereocenters. The molecule has 196 valence electrons. The number of aromatic hydroxyl groups is 1. The quantitative estimate of drug-likeness (QED) is 0.351. The van der Waals surface area contributed by atoms with Gasteiger partial charge in [0, 0.05) is 12.5 Å². The van der Waals surface area contributed by atoms with Crippen LogP contribution in [0.15, 0.2) is 72.2 Å². The van der Waals surface area contributed by atoms with Gasteiger partial charge in [0.15, 0.2) is 0 Å². The minimum atomic E-state index is -0.715. The van der Waals surface area contributed by atoms with Crippen molar-refractivity contribution >= 4 is 30.9 Å². The van der Waals surface area contributed by atoms with Crippen LogP contribution >= 0.6 is 11.6 Å². The lowest BCUT2D eigenvalue weighted by molar-refractivity contribution is 0.00578. The first-order chi connectivity index (χ1) is 18.1. The van der Waals surface area contributed by atoms with Crippen molar-refractivity contribution in [2.75, 3.05) is 13.2 Å². The number of carbonyl (C=O) groups excluding carboxylic acids is 1. The zero-order valence-electron chi connectivity index (χ0n) is 22.0. The number of amides is 1. The summed E-state index contributed by atoms with van der Waals surface area (Å²) in [6.07, 6.45) is 1.23. The molecule has 0 spiro atoms. The minimum Gasteiger partial charge on any atom is -0.506 e. The van der Waals surface area contributed by atoms with E-state index >= 15 is 0 Å². The second-order valence-corrected chi connectivity index (χ2v) is 11.0. The Hall–Kier alpha value is -3.26.